The molecule has 3 heteroatoms. The number of hydrogen-bond donors (Lipinski definition) is 1. The summed E-state index contributed by atoms with van der Waals surface area (Å²) in [5, 5.41) is 10.3. The standard InChI is InChI=1S/C30H48O3/c1-19(2)9-8-10-20(26(32)33)21-13-17-30(7)23-11-12-24-27(3,4)25(31)15-16-28(24,5)22(23)14-18-29(21,30)6/h19-21,24H,8-18H2,1-7H3,(H,32,33). The van der Waals surface area contributed by atoms with Gasteiger partial charge in [0, 0.05) is 11.8 Å². The Balaban J connectivity index is 1.67. The molecule has 0 aromatic carbocycles. The Bertz CT molecular complexity index is 851. The normalized spacial score (nSPS) is 40.9. The second kappa shape index (κ2) is 8.23. The van der Waals surface area contributed by atoms with Crippen LogP contribution >= 0.6 is 0 Å². The van der Waals surface area contributed by atoms with E-state index in [-0.39, 0.29) is 33.5 Å². The molecule has 33 heavy (non-hydrogen) atoms. The molecule has 6 atom stereocenters. The van der Waals surface area contributed by atoms with Gasteiger partial charge in [0.1, 0.15) is 5.78 Å². The summed E-state index contributed by atoms with van der Waals surface area (Å²) >= 11 is 0. The van der Waals surface area contributed by atoms with Crippen molar-refractivity contribution in [3.63, 3.8) is 0 Å². The third-order valence-corrected chi connectivity index (χ3v) is 11.7. The second-order valence-corrected chi connectivity index (χ2v) is 13.8. The van der Waals surface area contributed by atoms with E-state index in [1.165, 1.54) is 0 Å². The minimum atomic E-state index is -0.572. The average molecular weight is 457 g/mol. The molecule has 0 aromatic rings. The number of carbonyl (C=O) groups is 2. The number of hydrogen-bond acceptors (Lipinski definition) is 2. The maximum absolute atomic E-state index is 12.8. The molecule has 1 N–H and O–H groups in total. The number of allylic oxidation sites excluding steroid dienone is 2. The van der Waals surface area contributed by atoms with Gasteiger partial charge >= 0.3 is 5.97 Å². The van der Waals surface area contributed by atoms with Crippen LogP contribution in [-0.2, 0) is 9.59 Å². The van der Waals surface area contributed by atoms with Crippen LogP contribution in [0.15, 0.2) is 11.1 Å². The number of rotatable bonds is 6. The number of carboxylic acid groups (broad SMARTS) is 1. The SMILES string of the molecule is CC(C)CCCC(C(=O)O)C1CCC2(C)C3=C(CCC12C)C1(C)CCC(=O)C(C)(C)C1CC3. The van der Waals surface area contributed by atoms with Gasteiger partial charge in [0.05, 0.1) is 5.92 Å². The molecular weight excluding hydrogens is 408 g/mol. The molecule has 0 amide bonds. The van der Waals surface area contributed by atoms with Crippen LogP contribution in [0.5, 0.6) is 0 Å². The maximum atomic E-state index is 12.8. The van der Waals surface area contributed by atoms with Crippen LogP contribution in [0.3, 0.4) is 0 Å². The molecule has 6 unspecified atom stereocenters. The monoisotopic (exact) mass is 456 g/mol. The molecular formula is C30H48O3. The Hall–Kier alpha value is -1.12. The highest BCUT2D eigenvalue weighted by molar-refractivity contribution is 5.85. The lowest BCUT2D eigenvalue weighted by molar-refractivity contribution is -0.146. The smallest absolute Gasteiger partial charge is 0.306 e. The summed E-state index contributed by atoms with van der Waals surface area (Å²) in [6.07, 6.45) is 11.3. The van der Waals surface area contributed by atoms with E-state index in [9.17, 15) is 14.7 Å². The van der Waals surface area contributed by atoms with Gasteiger partial charge in [-0.15, -0.1) is 0 Å². The molecule has 0 spiro atoms. The zero-order chi connectivity index (χ0) is 24.4. The van der Waals surface area contributed by atoms with Crippen molar-refractivity contribution >= 4 is 11.8 Å². The molecule has 0 aromatic heterocycles. The fourth-order valence-corrected chi connectivity index (χ4v) is 9.42. The van der Waals surface area contributed by atoms with Crippen LogP contribution in [0.4, 0.5) is 0 Å². The Morgan fingerprint density at radius 2 is 1.64 bits per heavy atom. The Morgan fingerprint density at radius 3 is 2.27 bits per heavy atom. The molecule has 0 aliphatic heterocycles. The number of carbonyl (C=O) groups excluding carboxylic acids is 1. The van der Waals surface area contributed by atoms with E-state index in [1.807, 2.05) is 0 Å². The molecule has 0 heterocycles. The first-order chi connectivity index (χ1) is 15.3. The van der Waals surface area contributed by atoms with Gasteiger partial charge < -0.3 is 5.11 Å². The zero-order valence-electron chi connectivity index (χ0n) is 22.4. The minimum absolute atomic E-state index is 0.0654. The van der Waals surface area contributed by atoms with E-state index in [1.54, 1.807) is 11.1 Å². The van der Waals surface area contributed by atoms with E-state index < -0.39 is 5.97 Å². The molecule has 186 valence electrons. The second-order valence-electron chi connectivity index (χ2n) is 13.8. The summed E-state index contributed by atoms with van der Waals surface area (Å²) in [7, 11) is 0. The summed E-state index contributed by atoms with van der Waals surface area (Å²) in [6, 6.07) is 0. The van der Waals surface area contributed by atoms with E-state index >= 15 is 0 Å². The highest BCUT2D eigenvalue weighted by Gasteiger charge is 2.64. The quantitative estimate of drug-likeness (QED) is 0.414. The van der Waals surface area contributed by atoms with Gasteiger partial charge in [-0.25, -0.2) is 0 Å². The van der Waals surface area contributed by atoms with Crippen molar-refractivity contribution in [1.29, 1.82) is 0 Å². The highest BCUT2D eigenvalue weighted by Crippen LogP contribution is 2.72. The topological polar surface area (TPSA) is 54.4 Å². The van der Waals surface area contributed by atoms with Crippen LogP contribution in [0.2, 0.25) is 0 Å². The van der Waals surface area contributed by atoms with Crippen LogP contribution in [-0.4, -0.2) is 16.9 Å². The van der Waals surface area contributed by atoms with Gasteiger partial charge in [-0.1, -0.05) is 72.5 Å². The lowest BCUT2D eigenvalue weighted by Crippen LogP contribution is -2.54. The zero-order valence-corrected chi connectivity index (χ0v) is 22.4. The van der Waals surface area contributed by atoms with Crippen molar-refractivity contribution in [2.75, 3.05) is 0 Å². The molecule has 3 nitrogen and oxygen atoms in total. The van der Waals surface area contributed by atoms with Crippen molar-refractivity contribution in [1.82, 2.24) is 0 Å². The first-order valence-electron chi connectivity index (χ1n) is 13.8. The highest BCUT2D eigenvalue weighted by atomic mass is 16.4. The van der Waals surface area contributed by atoms with Crippen molar-refractivity contribution in [2.45, 2.75) is 119 Å². The van der Waals surface area contributed by atoms with Crippen molar-refractivity contribution in [3.8, 4) is 0 Å². The minimum Gasteiger partial charge on any atom is -0.481 e. The Kier molecular flexibility index (Phi) is 6.23. The van der Waals surface area contributed by atoms with Crippen LogP contribution in [0.1, 0.15) is 119 Å². The van der Waals surface area contributed by atoms with Crippen molar-refractivity contribution < 1.29 is 14.7 Å². The van der Waals surface area contributed by atoms with E-state index in [0.717, 1.165) is 64.2 Å². The number of carboxylic acids is 1. The third kappa shape index (κ3) is 3.57. The Morgan fingerprint density at radius 1 is 0.939 bits per heavy atom. The van der Waals surface area contributed by atoms with Gasteiger partial charge in [-0.3, -0.25) is 9.59 Å². The number of ketones is 1. The summed E-state index contributed by atoms with van der Waals surface area (Å²) in [6.45, 7) is 16.2. The molecule has 2 fully saturated rings. The molecule has 4 rings (SSSR count). The van der Waals surface area contributed by atoms with E-state index in [2.05, 4.69) is 48.5 Å². The molecule has 0 radical (unpaired) electrons. The van der Waals surface area contributed by atoms with E-state index in [4.69, 9.17) is 0 Å². The van der Waals surface area contributed by atoms with E-state index in [0.29, 0.717) is 24.0 Å². The van der Waals surface area contributed by atoms with Crippen molar-refractivity contribution in [3.05, 3.63) is 11.1 Å². The fourth-order valence-electron chi connectivity index (χ4n) is 9.42. The summed E-state index contributed by atoms with van der Waals surface area (Å²) < 4.78 is 0. The first kappa shape index (κ1) is 25.0. The summed E-state index contributed by atoms with van der Waals surface area (Å²) in [4.78, 5) is 25.3. The number of aliphatic carboxylic acids is 1. The summed E-state index contributed by atoms with van der Waals surface area (Å²) in [5.74, 6) is 1.02. The van der Waals surface area contributed by atoms with Crippen LogP contribution in [0.25, 0.3) is 0 Å². The lowest BCUT2D eigenvalue weighted by Gasteiger charge is -2.60. The first-order valence-corrected chi connectivity index (χ1v) is 13.8. The molecule has 0 bridgehead atoms. The van der Waals surface area contributed by atoms with Crippen molar-refractivity contribution in [2.24, 2.45) is 45.3 Å². The van der Waals surface area contributed by atoms with Gasteiger partial charge in [0.15, 0.2) is 0 Å². The molecule has 0 saturated heterocycles. The van der Waals surface area contributed by atoms with Gasteiger partial charge in [0.25, 0.3) is 0 Å². The largest absolute Gasteiger partial charge is 0.481 e. The average Bonchev–Trinajstić information content (AvgIpc) is 3.00. The molecule has 2 saturated carbocycles. The fraction of sp³-hybridized carbons (Fsp3) is 0.867. The number of Topliss-reactive ketones (excluding diaryl/α,β-unsaturated/α-hetero) is 1. The predicted molar refractivity (Wildman–Crippen MR) is 134 cm³/mol. The summed E-state index contributed by atoms with van der Waals surface area (Å²) in [5.41, 5.74) is 3.43. The number of fused-ring (bicyclic) bond motifs is 4. The van der Waals surface area contributed by atoms with Crippen LogP contribution < -0.4 is 0 Å². The predicted octanol–water partition coefficient (Wildman–Crippen LogP) is 7.83. The maximum Gasteiger partial charge on any atom is 0.306 e. The third-order valence-electron chi connectivity index (χ3n) is 11.7. The van der Waals surface area contributed by atoms with Gasteiger partial charge in [-0.05, 0) is 85.4 Å². The van der Waals surface area contributed by atoms with Gasteiger partial charge in [0.2, 0.25) is 0 Å². The van der Waals surface area contributed by atoms with Crippen LogP contribution in [0, 0.1) is 45.3 Å². The molecule has 4 aliphatic rings. The molecule has 4 aliphatic carbocycles. The lowest BCUT2D eigenvalue weighted by atomic mass is 9.43. The van der Waals surface area contributed by atoms with Gasteiger partial charge in [-0.2, -0.15) is 0 Å². The Labute approximate surface area is 202 Å².